The van der Waals surface area contributed by atoms with Crippen molar-refractivity contribution in [2.45, 2.75) is 60.5 Å². The highest BCUT2D eigenvalue weighted by Gasteiger charge is 2.28. The molecule has 0 radical (unpaired) electrons. The molecule has 1 aromatic heterocycles. The predicted molar refractivity (Wildman–Crippen MR) is 88.3 cm³/mol. The summed E-state index contributed by atoms with van der Waals surface area (Å²) in [6.07, 6.45) is 2.63. The molecule has 2 heterocycles. The normalized spacial score (nSPS) is 18.3. The zero-order valence-electron chi connectivity index (χ0n) is 14.5. The van der Waals surface area contributed by atoms with Crippen molar-refractivity contribution in [2.75, 3.05) is 19.6 Å². The standard InChI is InChI=1S/C18H32N2O/c1-6-19-12-15-11-17(21-14(15)2)13-20-9-7-16(8-10-20)18(3,4)5/h11,16,19H,6-10,12-13H2,1-5H3. The average molecular weight is 292 g/mol. The highest BCUT2D eigenvalue weighted by molar-refractivity contribution is 5.20. The predicted octanol–water partition coefficient (Wildman–Crippen LogP) is 3.96. The van der Waals surface area contributed by atoms with E-state index in [0.717, 1.165) is 37.1 Å². The number of nitrogens with one attached hydrogen (secondary N) is 1. The molecule has 0 aromatic carbocycles. The molecule has 1 aromatic rings. The van der Waals surface area contributed by atoms with Crippen molar-refractivity contribution in [3.8, 4) is 0 Å². The number of hydrogen-bond donors (Lipinski definition) is 1. The molecule has 0 bridgehead atoms. The lowest BCUT2D eigenvalue weighted by Crippen LogP contribution is -2.37. The van der Waals surface area contributed by atoms with Gasteiger partial charge in [-0.3, -0.25) is 4.90 Å². The second-order valence-corrected chi connectivity index (χ2v) is 7.49. The molecule has 2 rings (SSSR count). The largest absolute Gasteiger partial charge is 0.465 e. The zero-order valence-corrected chi connectivity index (χ0v) is 14.5. The Labute approximate surface area is 130 Å². The Morgan fingerprint density at radius 2 is 1.95 bits per heavy atom. The SMILES string of the molecule is CCNCc1cc(CN2CCC(C(C)(C)C)CC2)oc1C. The van der Waals surface area contributed by atoms with Crippen molar-refractivity contribution < 1.29 is 4.42 Å². The average Bonchev–Trinajstić information content (AvgIpc) is 2.76. The number of piperidine rings is 1. The quantitative estimate of drug-likeness (QED) is 0.890. The number of nitrogens with zero attached hydrogens (tertiary/aromatic N) is 1. The number of likely N-dealkylation sites (tertiary alicyclic amines) is 1. The van der Waals surface area contributed by atoms with E-state index in [0.29, 0.717) is 5.41 Å². The third-order valence-electron chi connectivity index (χ3n) is 4.83. The Hall–Kier alpha value is -0.800. The van der Waals surface area contributed by atoms with E-state index in [-0.39, 0.29) is 0 Å². The molecule has 3 heteroatoms. The van der Waals surface area contributed by atoms with Gasteiger partial charge in [-0.25, -0.2) is 0 Å². The summed E-state index contributed by atoms with van der Waals surface area (Å²) in [5, 5.41) is 3.37. The molecule has 0 spiro atoms. The molecule has 0 saturated carbocycles. The highest BCUT2D eigenvalue weighted by atomic mass is 16.3. The first-order chi connectivity index (χ1) is 9.90. The number of furan rings is 1. The second-order valence-electron chi connectivity index (χ2n) is 7.49. The van der Waals surface area contributed by atoms with Gasteiger partial charge in [-0.05, 0) is 56.8 Å². The third-order valence-corrected chi connectivity index (χ3v) is 4.83. The van der Waals surface area contributed by atoms with E-state index in [1.807, 2.05) is 0 Å². The molecule has 1 saturated heterocycles. The minimum atomic E-state index is 0.451. The molecule has 0 aliphatic carbocycles. The molecule has 21 heavy (non-hydrogen) atoms. The van der Waals surface area contributed by atoms with Crippen LogP contribution in [0, 0.1) is 18.3 Å². The molecule has 1 fully saturated rings. The molecular weight excluding hydrogens is 260 g/mol. The maximum Gasteiger partial charge on any atom is 0.118 e. The fourth-order valence-electron chi connectivity index (χ4n) is 3.28. The Morgan fingerprint density at radius 1 is 1.29 bits per heavy atom. The zero-order chi connectivity index (χ0) is 15.5. The van der Waals surface area contributed by atoms with E-state index in [9.17, 15) is 0 Å². The van der Waals surface area contributed by atoms with Crippen molar-refractivity contribution in [3.63, 3.8) is 0 Å². The lowest BCUT2D eigenvalue weighted by Gasteiger charge is -2.38. The van der Waals surface area contributed by atoms with Gasteiger partial charge in [0.25, 0.3) is 0 Å². The van der Waals surface area contributed by atoms with Gasteiger partial charge in [0, 0.05) is 12.1 Å². The van der Waals surface area contributed by atoms with Gasteiger partial charge in [0.15, 0.2) is 0 Å². The number of rotatable bonds is 5. The summed E-state index contributed by atoms with van der Waals surface area (Å²) in [7, 11) is 0. The Morgan fingerprint density at radius 3 is 2.52 bits per heavy atom. The van der Waals surface area contributed by atoms with Crippen LogP contribution in [0.3, 0.4) is 0 Å². The summed E-state index contributed by atoms with van der Waals surface area (Å²) in [5.74, 6) is 3.04. The first-order valence-corrected chi connectivity index (χ1v) is 8.41. The molecule has 3 nitrogen and oxygen atoms in total. The van der Waals surface area contributed by atoms with E-state index in [1.54, 1.807) is 0 Å². The van der Waals surface area contributed by atoms with Crippen LogP contribution < -0.4 is 5.32 Å². The minimum Gasteiger partial charge on any atom is -0.465 e. The van der Waals surface area contributed by atoms with E-state index in [2.05, 4.69) is 50.9 Å². The first kappa shape index (κ1) is 16.6. The topological polar surface area (TPSA) is 28.4 Å². The van der Waals surface area contributed by atoms with Crippen LogP contribution in [0.4, 0.5) is 0 Å². The summed E-state index contributed by atoms with van der Waals surface area (Å²) in [4.78, 5) is 2.54. The van der Waals surface area contributed by atoms with Crippen molar-refractivity contribution in [3.05, 3.63) is 23.2 Å². The summed E-state index contributed by atoms with van der Waals surface area (Å²) >= 11 is 0. The monoisotopic (exact) mass is 292 g/mol. The molecule has 0 amide bonds. The van der Waals surface area contributed by atoms with Gasteiger partial charge in [0.2, 0.25) is 0 Å². The van der Waals surface area contributed by atoms with Gasteiger partial charge in [-0.15, -0.1) is 0 Å². The van der Waals surface area contributed by atoms with E-state index >= 15 is 0 Å². The van der Waals surface area contributed by atoms with Gasteiger partial charge in [-0.1, -0.05) is 27.7 Å². The van der Waals surface area contributed by atoms with Crippen LogP contribution >= 0.6 is 0 Å². The van der Waals surface area contributed by atoms with Crippen molar-refractivity contribution in [1.82, 2.24) is 10.2 Å². The van der Waals surface area contributed by atoms with E-state index < -0.39 is 0 Å². The lowest BCUT2D eigenvalue weighted by atomic mass is 9.75. The van der Waals surface area contributed by atoms with Gasteiger partial charge >= 0.3 is 0 Å². The molecule has 0 atom stereocenters. The fourth-order valence-corrected chi connectivity index (χ4v) is 3.28. The summed E-state index contributed by atoms with van der Waals surface area (Å²) in [5.41, 5.74) is 1.75. The van der Waals surface area contributed by atoms with Crippen LogP contribution in [0.25, 0.3) is 0 Å². The Kier molecular flexibility index (Phi) is 5.50. The third kappa shape index (κ3) is 4.58. The lowest BCUT2D eigenvalue weighted by molar-refractivity contribution is 0.103. The first-order valence-electron chi connectivity index (χ1n) is 8.41. The number of hydrogen-bond acceptors (Lipinski definition) is 3. The summed E-state index contributed by atoms with van der Waals surface area (Å²) in [6, 6.07) is 2.23. The molecule has 1 N–H and O–H groups in total. The van der Waals surface area contributed by atoms with Crippen molar-refractivity contribution in [1.29, 1.82) is 0 Å². The van der Waals surface area contributed by atoms with E-state index in [4.69, 9.17) is 4.42 Å². The summed E-state index contributed by atoms with van der Waals surface area (Å²) < 4.78 is 5.93. The minimum absolute atomic E-state index is 0.451. The molecule has 120 valence electrons. The van der Waals surface area contributed by atoms with Gasteiger partial charge in [-0.2, -0.15) is 0 Å². The molecule has 0 unspecified atom stereocenters. The number of aryl methyl sites for hydroxylation is 1. The van der Waals surface area contributed by atoms with Crippen LogP contribution in [0.1, 0.15) is 57.6 Å². The Bertz CT molecular complexity index is 437. The molecular formula is C18H32N2O. The van der Waals surface area contributed by atoms with Gasteiger partial charge < -0.3 is 9.73 Å². The molecule has 1 aliphatic heterocycles. The van der Waals surface area contributed by atoms with Crippen LogP contribution in [-0.2, 0) is 13.1 Å². The van der Waals surface area contributed by atoms with Crippen LogP contribution in [-0.4, -0.2) is 24.5 Å². The van der Waals surface area contributed by atoms with Gasteiger partial charge in [0.1, 0.15) is 11.5 Å². The summed E-state index contributed by atoms with van der Waals surface area (Å²) in [6.45, 7) is 16.6. The van der Waals surface area contributed by atoms with Crippen molar-refractivity contribution >= 4 is 0 Å². The van der Waals surface area contributed by atoms with Crippen LogP contribution in [0.2, 0.25) is 0 Å². The Balaban J connectivity index is 1.86. The van der Waals surface area contributed by atoms with Crippen molar-refractivity contribution in [2.24, 2.45) is 11.3 Å². The second kappa shape index (κ2) is 6.97. The maximum absolute atomic E-state index is 5.93. The van der Waals surface area contributed by atoms with E-state index in [1.165, 1.54) is 31.5 Å². The van der Waals surface area contributed by atoms with Crippen LogP contribution in [0.5, 0.6) is 0 Å². The highest BCUT2D eigenvalue weighted by Crippen LogP contribution is 2.34. The van der Waals surface area contributed by atoms with Gasteiger partial charge in [0.05, 0.1) is 6.54 Å². The smallest absolute Gasteiger partial charge is 0.118 e. The fraction of sp³-hybridized carbons (Fsp3) is 0.778. The van der Waals surface area contributed by atoms with Crippen LogP contribution in [0.15, 0.2) is 10.5 Å². The molecule has 1 aliphatic rings. The maximum atomic E-state index is 5.93.